The molecule has 0 saturated heterocycles. The number of amides is 1. The minimum atomic E-state index is -0.944. The number of fused-ring (bicyclic) bond motifs is 1. The lowest BCUT2D eigenvalue weighted by atomic mass is 10.0. The van der Waals surface area contributed by atoms with Crippen molar-refractivity contribution in [2.24, 2.45) is 0 Å². The zero-order valence-corrected chi connectivity index (χ0v) is 17.9. The Kier molecular flexibility index (Phi) is 7.54. The Bertz CT molecular complexity index is 1100. The number of esters is 1. The van der Waals surface area contributed by atoms with Gasteiger partial charge in [0.1, 0.15) is 12.6 Å². The second kappa shape index (κ2) is 10.3. The van der Waals surface area contributed by atoms with Gasteiger partial charge in [0.2, 0.25) is 5.56 Å². The van der Waals surface area contributed by atoms with Gasteiger partial charge in [-0.05, 0) is 42.2 Å². The number of carbonyl (C=O) groups excluding carboxylic acids is 2. The fourth-order valence-corrected chi connectivity index (χ4v) is 3.40. The van der Waals surface area contributed by atoms with Crippen LogP contribution in [0, 0.1) is 0 Å². The number of hydrogen-bond acceptors (Lipinski definition) is 5. The molecule has 2 N–H and O–H groups in total. The number of carbonyl (C=O) groups is 2. The second-order valence-electron chi connectivity index (χ2n) is 6.60. The summed E-state index contributed by atoms with van der Waals surface area (Å²) < 4.78 is 5.33. The molecule has 30 heavy (non-hydrogen) atoms. The Balaban J connectivity index is 1.88. The normalized spacial score (nSPS) is 11.8. The second-order valence-corrected chi connectivity index (χ2v) is 8.02. The third kappa shape index (κ3) is 5.64. The molecule has 0 radical (unpaired) electrons. The zero-order chi connectivity index (χ0) is 21.5. The predicted molar refractivity (Wildman–Crippen MR) is 120 cm³/mol. The highest BCUT2D eigenvalue weighted by molar-refractivity contribution is 7.98. The van der Waals surface area contributed by atoms with E-state index in [2.05, 4.69) is 10.3 Å². The molecule has 0 aliphatic heterocycles. The third-order valence-corrected chi connectivity index (χ3v) is 5.32. The highest BCUT2D eigenvalue weighted by atomic mass is 35.5. The van der Waals surface area contributed by atoms with E-state index in [1.54, 1.807) is 42.1 Å². The van der Waals surface area contributed by atoms with Gasteiger partial charge >= 0.3 is 5.97 Å². The van der Waals surface area contributed by atoms with Gasteiger partial charge in [0.15, 0.2) is 0 Å². The summed E-state index contributed by atoms with van der Waals surface area (Å²) >= 11 is 7.43. The predicted octanol–water partition coefficient (Wildman–Crippen LogP) is 3.43. The molecule has 0 aliphatic rings. The number of pyridine rings is 1. The van der Waals surface area contributed by atoms with Crippen LogP contribution < -0.4 is 10.9 Å². The van der Waals surface area contributed by atoms with Crippen LogP contribution in [0.15, 0.2) is 59.4 Å². The Hall–Kier alpha value is -2.77. The molecule has 3 rings (SSSR count). The molecule has 0 unspecified atom stereocenters. The summed E-state index contributed by atoms with van der Waals surface area (Å²) in [5.74, 6) is -0.319. The molecule has 0 fully saturated rings. The zero-order valence-electron chi connectivity index (χ0n) is 16.3. The Morgan fingerprint density at radius 1 is 1.17 bits per heavy atom. The van der Waals surface area contributed by atoms with Crippen LogP contribution >= 0.6 is 23.4 Å². The molecule has 0 spiro atoms. The van der Waals surface area contributed by atoms with E-state index in [1.165, 1.54) is 6.07 Å². The van der Waals surface area contributed by atoms with Crippen molar-refractivity contribution in [3.63, 3.8) is 0 Å². The number of aromatic amines is 1. The molecule has 6 nitrogen and oxygen atoms in total. The van der Waals surface area contributed by atoms with Crippen LogP contribution in [0.1, 0.15) is 15.9 Å². The maximum Gasteiger partial charge on any atom is 0.329 e. The van der Waals surface area contributed by atoms with E-state index in [4.69, 9.17) is 16.3 Å². The SMILES string of the molecule is CSCCOC(=O)[C@H](Cc1cc(=O)[nH]c2ccccc12)NC(=O)c1ccc(Cl)cc1. The molecule has 0 bridgehead atoms. The van der Waals surface area contributed by atoms with Crippen LogP contribution in [0.3, 0.4) is 0 Å². The molecule has 156 valence electrons. The summed E-state index contributed by atoms with van der Waals surface area (Å²) in [6, 6.07) is 14.2. The first-order chi connectivity index (χ1) is 14.5. The van der Waals surface area contributed by atoms with Crippen LogP contribution in [0.5, 0.6) is 0 Å². The largest absolute Gasteiger partial charge is 0.463 e. The Morgan fingerprint density at radius 3 is 2.63 bits per heavy atom. The summed E-state index contributed by atoms with van der Waals surface area (Å²) in [6.07, 6.45) is 2.04. The molecule has 1 atom stereocenters. The lowest BCUT2D eigenvalue weighted by Gasteiger charge is -2.19. The Labute approximate surface area is 183 Å². The fraction of sp³-hybridized carbons (Fsp3) is 0.227. The van der Waals surface area contributed by atoms with Crippen LogP contribution in [0.4, 0.5) is 0 Å². The standard InChI is InChI=1S/C22H21ClN2O4S/c1-30-11-10-29-22(28)19(25-21(27)14-6-8-16(23)9-7-14)12-15-13-20(26)24-18-5-3-2-4-17(15)18/h2-9,13,19H,10-12H2,1H3,(H,24,26)(H,25,27)/t19-/m0/s1. The highest BCUT2D eigenvalue weighted by Crippen LogP contribution is 2.17. The van der Waals surface area contributed by atoms with E-state index in [-0.39, 0.29) is 18.6 Å². The smallest absolute Gasteiger partial charge is 0.329 e. The maximum absolute atomic E-state index is 12.7. The van der Waals surface area contributed by atoms with E-state index >= 15 is 0 Å². The van der Waals surface area contributed by atoms with E-state index in [0.717, 1.165) is 5.39 Å². The molecule has 2 aromatic carbocycles. The molecular weight excluding hydrogens is 424 g/mol. The average Bonchev–Trinajstić information content (AvgIpc) is 2.73. The number of para-hydroxylation sites is 1. The summed E-state index contributed by atoms with van der Waals surface area (Å²) in [5, 5.41) is 4.05. The summed E-state index contributed by atoms with van der Waals surface area (Å²) in [7, 11) is 0. The van der Waals surface area contributed by atoms with Gasteiger partial charge in [-0.3, -0.25) is 9.59 Å². The van der Waals surface area contributed by atoms with Crippen molar-refractivity contribution >= 4 is 46.1 Å². The highest BCUT2D eigenvalue weighted by Gasteiger charge is 2.24. The number of rotatable bonds is 8. The number of H-pyrrole nitrogens is 1. The number of halogens is 1. The fourth-order valence-electron chi connectivity index (χ4n) is 3.03. The van der Waals surface area contributed by atoms with Crippen molar-refractivity contribution in [1.29, 1.82) is 0 Å². The van der Waals surface area contributed by atoms with Crippen LogP contribution in [-0.4, -0.2) is 41.5 Å². The van der Waals surface area contributed by atoms with Crippen molar-refractivity contribution in [2.45, 2.75) is 12.5 Å². The number of benzene rings is 2. The number of nitrogens with one attached hydrogen (secondary N) is 2. The van der Waals surface area contributed by atoms with Gasteiger partial charge in [0, 0.05) is 39.7 Å². The van der Waals surface area contributed by atoms with Gasteiger partial charge in [-0.25, -0.2) is 4.79 Å². The van der Waals surface area contributed by atoms with Gasteiger partial charge in [-0.15, -0.1) is 0 Å². The van der Waals surface area contributed by atoms with Gasteiger partial charge in [-0.2, -0.15) is 11.8 Å². The average molecular weight is 445 g/mol. The first-order valence-corrected chi connectivity index (χ1v) is 11.1. The number of thioether (sulfide) groups is 1. The summed E-state index contributed by atoms with van der Waals surface area (Å²) in [5.41, 5.74) is 1.41. The first kappa shape index (κ1) is 21.9. The lowest BCUT2D eigenvalue weighted by molar-refractivity contribution is -0.145. The van der Waals surface area contributed by atoms with Crippen molar-refractivity contribution in [2.75, 3.05) is 18.6 Å². The number of aromatic nitrogens is 1. The maximum atomic E-state index is 12.7. The van der Waals surface area contributed by atoms with E-state index in [0.29, 0.717) is 27.4 Å². The van der Waals surface area contributed by atoms with Crippen molar-refractivity contribution in [1.82, 2.24) is 10.3 Å². The van der Waals surface area contributed by atoms with Gasteiger partial charge < -0.3 is 15.0 Å². The van der Waals surface area contributed by atoms with Crippen LogP contribution in [-0.2, 0) is 16.0 Å². The van der Waals surface area contributed by atoms with Gasteiger partial charge in [0.25, 0.3) is 5.91 Å². The molecule has 8 heteroatoms. The van der Waals surface area contributed by atoms with E-state index < -0.39 is 17.9 Å². The van der Waals surface area contributed by atoms with E-state index in [9.17, 15) is 14.4 Å². The van der Waals surface area contributed by atoms with Crippen LogP contribution in [0.2, 0.25) is 5.02 Å². The molecule has 1 aromatic heterocycles. The summed E-state index contributed by atoms with van der Waals surface area (Å²) in [4.78, 5) is 40.2. The molecule has 3 aromatic rings. The van der Waals surface area contributed by atoms with Crippen molar-refractivity contribution < 1.29 is 14.3 Å². The lowest BCUT2D eigenvalue weighted by Crippen LogP contribution is -2.43. The topological polar surface area (TPSA) is 88.3 Å². The molecule has 1 heterocycles. The molecule has 0 aliphatic carbocycles. The number of hydrogen-bond donors (Lipinski definition) is 2. The number of ether oxygens (including phenoxy) is 1. The quantitative estimate of drug-likeness (QED) is 0.410. The summed E-state index contributed by atoms with van der Waals surface area (Å²) in [6.45, 7) is 0.240. The minimum absolute atomic E-state index is 0.127. The minimum Gasteiger partial charge on any atom is -0.463 e. The van der Waals surface area contributed by atoms with Crippen molar-refractivity contribution in [3.05, 3.63) is 81.1 Å². The van der Waals surface area contributed by atoms with Gasteiger partial charge in [0.05, 0.1) is 0 Å². The van der Waals surface area contributed by atoms with Gasteiger partial charge in [-0.1, -0.05) is 29.8 Å². The molecular formula is C22H21ClN2O4S. The molecule has 0 saturated carbocycles. The van der Waals surface area contributed by atoms with E-state index in [1.807, 2.05) is 24.5 Å². The first-order valence-electron chi connectivity index (χ1n) is 9.31. The third-order valence-electron chi connectivity index (χ3n) is 4.49. The molecule has 1 amide bonds. The van der Waals surface area contributed by atoms with Crippen molar-refractivity contribution in [3.8, 4) is 0 Å². The van der Waals surface area contributed by atoms with Crippen LogP contribution in [0.25, 0.3) is 10.9 Å². The monoisotopic (exact) mass is 444 g/mol. The Morgan fingerprint density at radius 2 is 1.90 bits per heavy atom.